The molecule has 1 aromatic carbocycles. The molecule has 0 aliphatic carbocycles. The number of carbonyl (C=O) groups excluding carboxylic acids is 1. The number of hydrogen-bond donors (Lipinski definition) is 1. The van der Waals surface area contributed by atoms with Gasteiger partial charge in [0.1, 0.15) is 0 Å². The molecule has 3 nitrogen and oxygen atoms in total. The summed E-state index contributed by atoms with van der Waals surface area (Å²) in [5.74, 6) is -0.465. The molecule has 0 radical (unpaired) electrons. The van der Waals surface area contributed by atoms with Gasteiger partial charge in [-0.05, 0) is 17.7 Å². The number of nitrogens with zero attached hydrogens (tertiary/aromatic N) is 1. The third-order valence-corrected chi connectivity index (χ3v) is 1.84. The van der Waals surface area contributed by atoms with Crippen LogP contribution in [0, 0.1) is 11.5 Å². The van der Waals surface area contributed by atoms with E-state index in [4.69, 9.17) is 16.9 Å². The molecule has 0 bridgehead atoms. The maximum atomic E-state index is 10.9. The van der Waals surface area contributed by atoms with Crippen LogP contribution >= 0.6 is 11.6 Å². The monoisotopic (exact) mass is 206 g/mol. The molecule has 0 saturated carbocycles. The summed E-state index contributed by atoms with van der Waals surface area (Å²) in [6, 6.07) is 7.12. The summed E-state index contributed by atoms with van der Waals surface area (Å²) in [6.45, 7) is 0. The van der Waals surface area contributed by atoms with Crippen LogP contribution in [0.2, 0.25) is 5.02 Å². The number of amides is 1. The molecule has 1 amide bonds. The zero-order valence-corrected chi connectivity index (χ0v) is 7.95. The second-order valence-electron chi connectivity index (χ2n) is 2.46. The number of benzene rings is 1. The normalized spacial score (nSPS) is 9.71. The first-order chi connectivity index (χ1) is 6.74. The summed E-state index contributed by atoms with van der Waals surface area (Å²) in [5.41, 5.74) is 0.738. The molecular formula is C10H7ClN2O. The highest BCUT2D eigenvalue weighted by molar-refractivity contribution is 6.32. The van der Waals surface area contributed by atoms with Crippen LogP contribution in [0.3, 0.4) is 0 Å². The summed E-state index contributed by atoms with van der Waals surface area (Å²) in [4.78, 5) is 10.9. The lowest BCUT2D eigenvalue weighted by atomic mass is 10.2. The van der Waals surface area contributed by atoms with E-state index in [1.165, 1.54) is 12.3 Å². The van der Waals surface area contributed by atoms with Gasteiger partial charge in [0.2, 0.25) is 0 Å². The predicted octanol–water partition coefficient (Wildman–Crippen LogP) is 1.95. The molecule has 0 aliphatic heterocycles. The molecule has 0 heterocycles. The molecule has 1 N–H and O–H groups in total. The zero-order chi connectivity index (χ0) is 10.4. The van der Waals surface area contributed by atoms with E-state index >= 15 is 0 Å². The summed E-state index contributed by atoms with van der Waals surface area (Å²) in [6.07, 6.45) is 4.34. The second kappa shape index (κ2) is 5.05. The predicted molar refractivity (Wildman–Crippen MR) is 54.2 cm³/mol. The molecule has 0 fully saturated rings. The molecule has 0 saturated heterocycles. The van der Waals surface area contributed by atoms with Gasteiger partial charge < -0.3 is 0 Å². The summed E-state index contributed by atoms with van der Waals surface area (Å²) < 4.78 is 0. The largest absolute Gasteiger partial charge is 0.269 e. The first-order valence-corrected chi connectivity index (χ1v) is 4.23. The number of rotatable bonds is 2. The quantitative estimate of drug-likeness (QED) is 0.457. The van der Waals surface area contributed by atoms with Crippen molar-refractivity contribution in [2.45, 2.75) is 0 Å². The van der Waals surface area contributed by atoms with E-state index in [-0.39, 0.29) is 0 Å². The van der Waals surface area contributed by atoms with Crippen molar-refractivity contribution in [1.82, 2.24) is 5.32 Å². The van der Waals surface area contributed by atoms with E-state index in [9.17, 15) is 4.79 Å². The van der Waals surface area contributed by atoms with Gasteiger partial charge in [-0.25, -0.2) is 0 Å². The van der Waals surface area contributed by atoms with Gasteiger partial charge in [-0.15, -0.1) is 0 Å². The molecule has 0 aromatic heterocycles. The van der Waals surface area contributed by atoms with Crippen molar-refractivity contribution >= 4 is 23.6 Å². The van der Waals surface area contributed by atoms with Crippen molar-refractivity contribution in [3.63, 3.8) is 0 Å². The molecule has 14 heavy (non-hydrogen) atoms. The standard InChI is InChI=1S/C10H7ClN2O/c11-9-4-2-1-3-8(9)5-6-10(14)13-7-12/h1-6H,(H,13,14). The second-order valence-corrected chi connectivity index (χ2v) is 2.86. The van der Waals surface area contributed by atoms with Crippen molar-refractivity contribution in [2.24, 2.45) is 0 Å². The minimum absolute atomic E-state index is 0.465. The third kappa shape index (κ3) is 2.92. The van der Waals surface area contributed by atoms with Gasteiger partial charge in [0.15, 0.2) is 6.19 Å². The maximum absolute atomic E-state index is 10.9. The zero-order valence-electron chi connectivity index (χ0n) is 7.20. The number of carbonyl (C=O) groups is 1. The van der Waals surface area contributed by atoms with Crippen molar-refractivity contribution in [3.8, 4) is 6.19 Å². The first-order valence-electron chi connectivity index (χ1n) is 3.85. The van der Waals surface area contributed by atoms with E-state index in [0.29, 0.717) is 5.02 Å². The van der Waals surface area contributed by atoms with E-state index in [0.717, 1.165) is 5.56 Å². The Hall–Kier alpha value is -1.79. The van der Waals surface area contributed by atoms with Crippen molar-refractivity contribution < 1.29 is 4.79 Å². The van der Waals surface area contributed by atoms with Gasteiger partial charge in [-0.3, -0.25) is 10.1 Å². The SMILES string of the molecule is N#CNC(=O)C=Cc1ccccc1Cl. The topological polar surface area (TPSA) is 52.9 Å². The Kier molecular flexibility index (Phi) is 3.71. The minimum atomic E-state index is -0.465. The molecule has 0 unspecified atom stereocenters. The maximum Gasteiger partial charge on any atom is 0.256 e. The van der Waals surface area contributed by atoms with Crippen LogP contribution in [0.25, 0.3) is 6.08 Å². The molecule has 4 heteroatoms. The summed E-state index contributed by atoms with van der Waals surface area (Å²) in [5, 5.41) is 10.7. The molecule has 1 rings (SSSR count). The molecule has 0 aliphatic rings. The van der Waals surface area contributed by atoms with Crippen LogP contribution < -0.4 is 5.32 Å². The molecule has 0 atom stereocenters. The smallest absolute Gasteiger partial charge is 0.256 e. The van der Waals surface area contributed by atoms with E-state index in [1.807, 2.05) is 11.4 Å². The highest BCUT2D eigenvalue weighted by atomic mass is 35.5. The van der Waals surface area contributed by atoms with Gasteiger partial charge in [-0.1, -0.05) is 29.8 Å². The van der Waals surface area contributed by atoms with Crippen LogP contribution in [0.1, 0.15) is 5.56 Å². The van der Waals surface area contributed by atoms with Gasteiger partial charge in [-0.2, -0.15) is 5.26 Å². The lowest BCUT2D eigenvalue weighted by molar-refractivity contribution is -0.115. The molecule has 0 spiro atoms. The number of halogens is 1. The molecular weight excluding hydrogens is 200 g/mol. The average molecular weight is 207 g/mol. The fourth-order valence-corrected chi connectivity index (χ4v) is 1.07. The van der Waals surface area contributed by atoms with Gasteiger partial charge in [0.05, 0.1) is 0 Å². The first kappa shape index (κ1) is 10.3. The van der Waals surface area contributed by atoms with Crippen LogP contribution in [-0.2, 0) is 4.79 Å². The third-order valence-electron chi connectivity index (χ3n) is 1.50. The van der Waals surface area contributed by atoms with Crippen LogP contribution in [0.15, 0.2) is 30.3 Å². The van der Waals surface area contributed by atoms with Crippen molar-refractivity contribution in [1.29, 1.82) is 5.26 Å². The summed E-state index contributed by atoms with van der Waals surface area (Å²) >= 11 is 5.84. The lowest BCUT2D eigenvalue weighted by Gasteiger charge is -1.95. The summed E-state index contributed by atoms with van der Waals surface area (Å²) in [7, 11) is 0. The van der Waals surface area contributed by atoms with E-state index in [2.05, 4.69) is 0 Å². The van der Waals surface area contributed by atoms with Crippen molar-refractivity contribution in [3.05, 3.63) is 40.9 Å². The molecule has 1 aromatic rings. The fraction of sp³-hybridized carbons (Fsp3) is 0. The minimum Gasteiger partial charge on any atom is -0.269 e. The van der Waals surface area contributed by atoms with Gasteiger partial charge in [0.25, 0.3) is 5.91 Å². The van der Waals surface area contributed by atoms with Gasteiger partial charge >= 0.3 is 0 Å². The van der Waals surface area contributed by atoms with Gasteiger partial charge in [0, 0.05) is 11.1 Å². The Morgan fingerprint density at radius 3 is 2.86 bits per heavy atom. The Labute approximate surface area is 86.6 Å². The van der Waals surface area contributed by atoms with Crippen LogP contribution in [0.4, 0.5) is 0 Å². The van der Waals surface area contributed by atoms with Crippen LogP contribution in [0.5, 0.6) is 0 Å². The Balaban J connectivity index is 2.75. The van der Waals surface area contributed by atoms with E-state index in [1.54, 1.807) is 24.3 Å². The Bertz CT molecular complexity index is 407. The lowest BCUT2D eigenvalue weighted by Crippen LogP contribution is -2.13. The highest BCUT2D eigenvalue weighted by Gasteiger charge is 1.95. The highest BCUT2D eigenvalue weighted by Crippen LogP contribution is 2.15. The fourth-order valence-electron chi connectivity index (χ4n) is 0.872. The van der Waals surface area contributed by atoms with Crippen LogP contribution in [-0.4, -0.2) is 5.91 Å². The average Bonchev–Trinajstić information content (AvgIpc) is 2.17. The number of nitriles is 1. The van der Waals surface area contributed by atoms with Crippen molar-refractivity contribution in [2.75, 3.05) is 0 Å². The number of hydrogen-bond acceptors (Lipinski definition) is 2. The Morgan fingerprint density at radius 1 is 1.50 bits per heavy atom. The molecule has 70 valence electrons. The number of nitrogens with one attached hydrogen (secondary N) is 1. The Morgan fingerprint density at radius 2 is 2.21 bits per heavy atom. The van der Waals surface area contributed by atoms with E-state index < -0.39 is 5.91 Å².